The van der Waals surface area contributed by atoms with E-state index in [1.807, 2.05) is 6.92 Å². The van der Waals surface area contributed by atoms with Gasteiger partial charge in [-0.25, -0.2) is 8.42 Å². The maximum Gasteiger partial charge on any atom is 0.235 e. The van der Waals surface area contributed by atoms with Crippen LogP contribution >= 0.6 is 0 Å². The van der Waals surface area contributed by atoms with Crippen molar-refractivity contribution in [2.75, 3.05) is 12.4 Å². The topological polar surface area (TPSA) is 72.5 Å². The second-order valence-electron chi connectivity index (χ2n) is 6.51. The van der Waals surface area contributed by atoms with Crippen molar-refractivity contribution in [3.8, 4) is 5.75 Å². The molecule has 6 heteroatoms. The van der Waals surface area contributed by atoms with Crippen LogP contribution in [-0.4, -0.2) is 32.7 Å². The Kier molecular flexibility index (Phi) is 6.66. The average molecular weight is 353 g/mol. The lowest BCUT2D eigenvalue weighted by Gasteiger charge is -2.29. The summed E-state index contributed by atoms with van der Waals surface area (Å²) in [5.41, 5.74) is 0.596. The van der Waals surface area contributed by atoms with Gasteiger partial charge in [0.25, 0.3) is 0 Å². The second-order valence-corrected chi connectivity index (χ2v) is 8.57. The van der Waals surface area contributed by atoms with Gasteiger partial charge in [0.15, 0.2) is 9.84 Å². The van der Waals surface area contributed by atoms with E-state index in [-0.39, 0.29) is 11.8 Å². The molecule has 0 radical (unpaired) electrons. The van der Waals surface area contributed by atoms with Gasteiger partial charge in [0, 0.05) is 11.6 Å². The molecule has 2 atom stereocenters. The largest absolute Gasteiger partial charge is 0.494 e. The van der Waals surface area contributed by atoms with E-state index in [1.165, 1.54) is 6.42 Å². The molecule has 134 valence electrons. The molecule has 2 unspecified atom stereocenters. The second kappa shape index (κ2) is 8.51. The molecular weight excluding hydrogens is 326 g/mol. The number of carbonyl (C=O) groups is 1. The van der Waals surface area contributed by atoms with Crippen molar-refractivity contribution >= 4 is 15.7 Å². The number of amides is 1. The molecule has 0 bridgehead atoms. The molecule has 1 aromatic rings. The summed E-state index contributed by atoms with van der Waals surface area (Å²) in [6, 6.07) is 7.15. The first-order valence-electron chi connectivity index (χ1n) is 8.62. The number of carbonyl (C=O) groups excluding carboxylic acids is 1. The number of sulfone groups is 1. The fourth-order valence-electron chi connectivity index (χ4n) is 3.19. The van der Waals surface area contributed by atoms with Gasteiger partial charge in [-0.05, 0) is 31.7 Å². The van der Waals surface area contributed by atoms with Crippen molar-refractivity contribution in [3.63, 3.8) is 0 Å². The predicted octanol–water partition coefficient (Wildman–Crippen LogP) is 2.70. The van der Waals surface area contributed by atoms with Crippen molar-refractivity contribution < 1.29 is 17.9 Å². The Morgan fingerprint density at radius 2 is 1.96 bits per heavy atom. The predicted molar refractivity (Wildman–Crippen MR) is 94.7 cm³/mol. The van der Waals surface area contributed by atoms with Gasteiger partial charge in [-0.1, -0.05) is 38.0 Å². The highest BCUT2D eigenvalue weighted by Gasteiger charge is 2.25. The van der Waals surface area contributed by atoms with Gasteiger partial charge in [-0.2, -0.15) is 0 Å². The van der Waals surface area contributed by atoms with Crippen LogP contribution < -0.4 is 10.1 Å². The molecule has 0 aliphatic heterocycles. The van der Waals surface area contributed by atoms with Crippen LogP contribution in [0.1, 0.15) is 45.1 Å². The molecule has 1 N–H and O–H groups in total. The van der Waals surface area contributed by atoms with Crippen LogP contribution in [0.3, 0.4) is 0 Å². The first-order valence-corrected chi connectivity index (χ1v) is 10.4. The van der Waals surface area contributed by atoms with E-state index < -0.39 is 21.5 Å². The van der Waals surface area contributed by atoms with Crippen molar-refractivity contribution in [2.45, 2.75) is 51.3 Å². The summed E-state index contributed by atoms with van der Waals surface area (Å²) >= 11 is 0. The molecule has 1 aromatic carbocycles. The van der Waals surface area contributed by atoms with Gasteiger partial charge in [-0.3, -0.25) is 4.79 Å². The van der Waals surface area contributed by atoms with Crippen molar-refractivity contribution in [2.24, 2.45) is 5.92 Å². The Labute approximate surface area is 144 Å². The summed E-state index contributed by atoms with van der Waals surface area (Å²) < 4.78 is 30.2. The number of rotatable bonds is 7. The van der Waals surface area contributed by atoms with Gasteiger partial charge in [0.1, 0.15) is 11.5 Å². The van der Waals surface area contributed by atoms with E-state index >= 15 is 0 Å². The average Bonchev–Trinajstić information content (AvgIpc) is 2.51. The number of nitrogens with one attached hydrogen (secondary N) is 1. The molecule has 1 amide bonds. The van der Waals surface area contributed by atoms with E-state index in [1.54, 1.807) is 24.3 Å². The third kappa shape index (κ3) is 5.51. The summed E-state index contributed by atoms with van der Waals surface area (Å²) in [6.45, 7) is 4.43. The van der Waals surface area contributed by atoms with Gasteiger partial charge in [0.2, 0.25) is 5.91 Å². The minimum absolute atomic E-state index is 0.0946. The highest BCUT2D eigenvalue weighted by molar-refractivity contribution is 7.91. The molecule has 1 fully saturated rings. The summed E-state index contributed by atoms with van der Waals surface area (Å²) in [4.78, 5) is 12.2. The fraction of sp³-hybridized carbons (Fsp3) is 0.611. The van der Waals surface area contributed by atoms with Crippen LogP contribution in [0.5, 0.6) is 5.75 Å². The van der Waals surface area contributed by atoms with E-state index in [0.29, 0.717) is 23.8 Å². The summed E-state index contributed by atoms with van der Waals surface area (Å²) in [5.74, 6) is -0.0929. The lowest BCUT2D eigenvalue weighted by molar-refractivity contribution is -0.119. The normalized spacial score (nSPS) is 21.2. The molecular formula is C18H27NO4S. The van der Waals surface area contributed by atoms with Crippen LogP contribution in [0.15, 0.2) is 24.3 Å². The van der Waals surface area contributed by atoms with Gasteiger partial charge >= 0.3 is 0 Å². The molecule has 24 heavy (non-hydrogen) atoms. The number of benzene rings is 1. The minimum Gasteiger partial charge on any atom is -0.494 e. The van der Waals surface area contributed by atoms with Crippen molar-refractivity contribution in [1.82, 2.24) is 5.32 Å². The quantitative estimate of drug-likeness (QED) is 0.818. The van der Waals surface area contributed by atoms with Crippen molar-refractivity contribution in [1.29, 1.82) is 0 Å². The fourth-order valence-corrected chi connectivity index (χ4v) is 4.48. The number of hydrogen-bond acceptors (Lipinski definition) is 4. The molecule has 5 nitrogen and oxygen atoms in total. The first-order chi connectivity index (χ1) is 11.4. The third-order valence-electron chi connectivity index (χ3n) is 4.46. The summed E-state index contributed by atoms with van der Waals surface area (Å²) in [6.07, 6.45) is 4.28. The molecule has 2 rings (SSSR count). The Balaban J connectivity index is 1.97. The smallest absolute Gasteiger partial charge is 0.235 e. The zero-order valence-corrected chi connectivity index (χ0v) is 15.3. The highest BCUT2D eigenvalue weighted by Crippen LogP contribution is 2.24. The standard InChI is InChI=1S/C18H27NO4S/c1-3-23-17-11-7-5-9-15(17)12-24(21,22)13-18(20)19-16-10-6-4-8-14(16)2/h5,7,9,11,14,16H,3-4,6,8,10,12-13H2,1-2H3,(H,19,20). The van der Waals surface area contributed by atoms with Gasteiger partial charge in [-0.15, -0.1) is 0 Å². The van der Waals surface area contributed by atoms with Crippen molar-refractivity contribution in [3.05, 3.63) is 29.8 Å². The molecule has 0 saturated heterocycles. The van der Waals surface area contributed by atoms with Crippen LogP contribution in [0.25, 0.3) is 0 Å². The van der Waals surface area contributed by atoms with E-state index in [2.05, 4.69) is 12.2 Å². The zero-order valence-electron chi connectivity index (χ0n) is 14.5. The number of ether oxygens (including phenoxy) is 1. The Bertz CT molecular complexity index is 657. The Morgan fingerprint density at radius 1 is 1.25 bits per heavy atom. The number of para-hydroxylation sites is 1. The lowest BCUT2D eigenvalue weighted by atomic mass is 9.86. The maximum absolute atomic E-state index is 12.4. The first kappa shape index (κ1) is 18.8. The van der Waals surface area contributed by atoms with E-state index in [4.69, 9.17) is 4.74 Å². The molecule has 0 heterocycles. The van der Waals surface area contributed by atoms with Gasteiger partial charge < -0.3 is 10.1 Å². The van der Waals surface area contributed by atoms with E-state index in [0.717, 1.165) is 19.3 Å². The lowest BCUT2D eigenvalue weighted by Crippen LogP contribution is -2.43. The number of hydrogen-bond donors (Lipinski definition) is 1. The molecule has 0 spiro atoms. The Hall–Kier alpha value is -1.56. The van der Waals surface area contributed by atoms with Crippen LogP contribution in [0, 0.1) is 5.92 Å². The molecule has 1 aliphatic rings. The van der Waals surface area contributed by atoms with Crippen LogP contribution in [-0.2, 0) is 20.4 Å². The van der Waals surface area contributed by atoms with E-state index in [9.17, 15) is 13.2 Å². The van der Waals surface area contributed by atoms with Crippen LogP contribution in [0.4, 0.5) is 0 Å². The molecule has 0 aromatic heterocycles. The zero-order chi connectivity index (χ0) is 17.6. The monoisotopic (exact) mass is 353 g/mol. The molecule has 1 aliphatic carbocycles. The highest BCUT2D eigenvalue weighted by atomic mass is 32.2. The van der Waals surface area contributed by atoms with Gasteiger partial charge in [0.05, 0.1) is 12.4 Å². The maximum atomic E-state index is 12.4. The Morgan fingerprint density at radius 3 is 2.67 bits per heavy atom. The summed E-state index contributed by atoms with van der Waals surface area (Å²) in [7, 11) is -3.53. The summed E-state index contributed by atoms with van der Waals surface area (Å²) in [5, 5.41) is 2.90. The van der Waals surface area contributed by atoms with Crippen LogP contribution in [0.2, 0.25) is 0 Å². The minimum atomic E-state index is -3.53. The SMILES string of the molecule is CCOc1ccccc1CS(=O)(=O)CC(=O)NC1CCCCC1C. The third-order valence-corrected chi connectivity index (χ3v) is 5.91. The molecule has 1 saturated carbocycles.